The molecule has 1 N–H and O–H groups in total. The average molecular weight is 322 g/mol. The van der Waals surface area contributed by atoms with Crippen LogP contribution in [0, 0.1) is 5.82 Å². The van der Waals surface area contributed by atoms with Crippen LogP contribution in [0.15, 0.2) is 73.1 Å². The van der Waals surface area contributed by atoms with Crippen molar-refractivity contribution in [2.75, 3.05) is 5.32 Å². The van der Waals surface area contributed by atoms with Gasteiger partial charge in [-0.05, 0) is 41.5 Å². The van der Waals surface area contributed by atoms with Crippen LogP contribution >= 0.6 is 0 Å². The molecular weight excluding hydrogens is 307 g/mol. The van der Waals surface area contributed by atoms with Gasteiger partial charge in [-0.3, -0.25) is 10.3 Å². The second-order valence-electron chi connectivity index (χ2n) is 5.12. The van der Waals surface area contributed by atoms with E-state index in [0.717, 1.165) is 11.1 Å². The molecule has 2 aromatic carbocycles. The zero-order chi connectivity index (χ0) is 16.8. The van der Waals surface area contributed by atoms with Gasteiger partial charge in [-0.1, -0.05) is 30.3 Å². The summed E-state index contributed by atoms with van der Waals surface area (Å²) in [5.74, 6) is -0.429. The van der Waals surface area contributed by atoms with Crippen LogP contribution in [0.25, 0.3) is 11.1 Å². The van der Waals surface area contributed by atoms with E-state index in [9.17, 15) is 9.18 Å². The van der Waals surface area contributed by atoms with Crippen LogP contribution in [0.3, 0.4) is 0 Å². The van der Waals surface area contributed by atoms with Crippen molar-refractivity contribution in [2.24, 2.45) is 0 Å². The lowest BCUT2D eigenvalue weighted by atomic mass is 10.1. The van der Waals surface area contributed by atoms with E-state index in [1.54, 1.807) is 36.7 Å². The van der Waals surface area contributed by atoms with Crippen molar-refractivity contribution in [1.29, 1.82) is 0 Å². The Morgan fingerprint density at radius 2 is 1.79 bits per heavy atom. The molecule has 0 bridgehead atoms. The number of halogens is 1. The maximum Gasteiger partial charge on any atom is 0.411 e. The molecule has 0 atom stereocenters. The van der Waals surface area contributed by atoms with Gasteiger partial charge in [0.15, 0.2) is 0 Å². The number of ether oxygens (including phenoxy) is 1. The third-order valence-electron chi connectivity index (χ3n) is 3.42. The third-order valence-corrected chi connectivity index (χ3v) is 3.42. The SMILES string of the molecule is O=C(Nc1ccc(-c2ccncc2)c(F)c1)OCc1ccccc1. The number of carbonyl (C=O) groups is 1. The summed E-state index contributed by atoms with van der Waals surface area (Å²) in [5.41, 5.74) is 2.39. The second-order valence-corrected chi connectivity index (χ2v) is 5.12. The summed E-state index contributed by atoms with van der Waals surface area (Å²) in [6, 6.07) is 17.3. The van der Waals surface area contributed by atoms with E-state index in [1.165, 1.54) is 6.07 Å². The summed E-state index contributed by atoms with van der Waals surface area (Å²) < 4.78 is 19.3. The Morgan fingerprint density at radius 1 is 1.04 bits per heavy atom. The van der Waals surface area contributed by atoms with E-state index in [2.05, 4.69) is 10.3 Å². The molecule has 0 saturated heterocycles. The topological polar surface area (TPSA) is 51.2 Å². The van der Waals surface area contributed by atoms with Gasteiger partial charge < -0.3 is 4.74 Å². The van der Waals surface area contributed by atoms with Crippen molar-refractivity contribution in [1.82, 2.24) is 4.98 Å². The number of hydrogen-bond acceptors (Lipinski definition) is 3. The minimum absolute atomic E-state index is 0.157. The van der Waals surface area contributed by atoms with Crippen LogP contribution in [0.1, 0.15) is 5.56 Å². The van der Waals surface area contributed by atoms with E-state index in [0.29, 0.717) is 11.3 Å². The number of pyridine rings is 1. The maximum atomic E-state index is 14.2. The number of nitrogens with one attached hydrogen (secondary N) is 1. The van der Waals surface area contributed by atoms with Crippen molar-refractivity contribution in [3.8, 4) is 11.1 Å². The van der Waals surface area contributed by atoms with Crippen molar-refractivity contribution in [3.63, 3.8) is 0 Å². The van der Waals surface area contributed by atoms with E-state index in [4.69, 9.17) is 4.74 Å². The van der Waals surface area contributed by atoms with Crippen LogP contribution in [0.5, 0.6) is 0 Å². The number of aromatic nitrogens is 1. The van der Waals surface area contributed by atoms with Gasteiger partial charge in [0.25, 0.3) is 0 Å². The third kappa shape index (κ3) is 3.95. The molecule has 0 spiro atoms. The Bertz CT molecular complexity index is 823. The highest BCUT2D eigenvalue weighted by atomic mass is 19.1. The van der Waals surface area contributed by atoms with Gasteiger partial charge in [-0.15, -0.1) is 0 Å². The van der Waals surface area contributed by atoms with Crippen molar-refractivity contribution >= 4 is 11.8 Å². The van der Waals surface area contributed by atoms with Crippen LogP contribution in [0.4, 0.5) is 14.9 Å². The van der Waals surface area contributed by atoms with Gasteiger partial charge >= 0.3 is 6.09 Å². The summed E-state index contributed by atoms with van der Waals surface area (Å²) in [7, 11) is 0. The van der Waals surface area contributed by atoms with Crippen molar-refractivity contribution in [3.05, 3.63) is 84.4 Å². The number of amides is 1. The van der Waals surface area contributed by atoms with Crippen LogP contribution < -0.4 is 5.32 Å². The largest absolute Gasteiger partial charge is 0.444 e. The van der Waals surface area contributed by atoms with E-state index in [1.807, 2.05) is 30.3 Å². The summed E-state index contributed by atoms with van der Waals surface area (Å²) >= 11 is 0. The maximum absolute atomic E-state index is 14.2. The molecular formula is C19H15FN2O2. The summed E-state index contributed by atoms with van der Waals surface area (Å²) in [5, 5.41) is 2.52. The fraction of sp³-hybridized carbons (Fsp3) is 0.0526. The smallest absolute Gasteiger partial charge is 0.411 e. The highest BCUT2D eigenvalue weighted by Crippen LogP contribution is 2.24. The normalized spacial score (nSPS) is 10.2. The first-order chi connectivity index (χ1) is 11.7. The minimum atomic E-state index is -0.630. The van der Waals surface area contributed by atoms with Crippen LogP contribution in [-0.2, 0) is 11.3 Å². The fourth-order valence-corrected chi connectivity index (χ4v) is 2.24. The minimum Gasteiger partial charge on any atom is -0.444 e. The van der Waals surface area contributed by atoms with E-state index in [-0.39, 0.29) is 6.61 Å². The molecule has 120 valence electrons. The molecule has 0 aliphatic carbocycles. The van der Waals surface area contributed by atoms with Gasteiger partial charge in [0.1, 0.15) is 12.4 Å². The molecule has 0 unspecified atom stereocenters. The van der Waals surface area contributed by atoms with Gasteiger partial charge in [-0.2, -0.15) is 0 Å². The van der Waals surface area contributed by atoms with Gasteiger partial charge in [0.05, 0.1) is 0 Å². The summed E-state index contributed by atoms with van der Waals surface area (Å²) in [6.07, 6.45) is 2.57. The molecule has 1 aromatic heterocycles. The molecule has 1 heterocycles. The van der Waals surface area contributed by atoms with Crippen LogP contribution in [0.2, 0.25) is 0 Å². The van der Waals surface area contributed by atoms with Crippen molar-refractivity contribution < 1.29 is 13.9 Å². The Hall–Kier alpha value is -3.21. The number of nitrogens with zero attached hydrogens (tertiary/aromatic N) is 1. The van der Waals surface area contributed by atoms with Crippen molar-refractivity contribution in [2.45, 2.75) is 6.61 Å². The molecule has 4 nitrogen and oxygen atoms in total. The van der Waals surface area contributed by atoms with Gasteiger partial charge in [0.2, 0.25) is 0 Å². The molecule has 0 aliphatic rings. The number of hydrogen-bond donors (Lipinski definition) is 1. The number of rotatable bonds is 4. The molecule has 1 amide bonds. The first-order valence-electron chi connectivity index (χ1n) is 7.40. The molecule has 0 radical (unpaired) electrons. The lowest BCUT2D eigenvalue weighted by molar-refractivity contribution is 0.155. The highest BCUT2D eigenvalue weighted by molar-refractivity contribution is 5.85. The molecule has 0 saturated carbocycles. The quantitative estimate of drug-likeness (QED) is 0.761. The Morgan fingerprint density at radius 3 is 2.50 bits per heavy atom. The predicted octanol–water partition coefficient (Wildman–Crippen LogP) is 4.64. The first kappa shape index (κ1) is 15.7. The van der Waals surface area contributed by atoms with Gasteiger partial charge in [0, 0.05) is 23.6 Å². The molecule has 0 aliphatic heterocycles. The van der Waals surface area contributed by atoms with E-state index >= 15 is 0 Å². The Balaban J connectivity index is 1.63. The zero-order valence-electron chi connectivity index (χ0n) is 12.8. The lowest BCUT2D eigenvalue weighted by Crippen LogP contribution is -2.13. The molecule has 0 fully saturated rings. The monoisotopic (exact) mass is 322 g/mol. The Labute approximate surface area is 138 Å². The highest BCUT2D eigenvalue weighted by Gasteiger charge is 2.09. The molecule has 5 heteroatoms. The summed E-state index contributed by atoms with van der Waals surface area (Å²) in [4.78, 5) is 15.7. The standard InChI is InChI=1S/C19H15FN2O2/c20-18-12-16(6-7-17(18)15-8-10-21-11-9-15)22-19(23)24-13-14-4-2-1-3-5-14/h1-12H,13H2,(H,22,23). The number of carbonyl (C=O) groups excluding carboxylic acids is 1. The molecule has 3 rings (SSSR count). The predicted molar refractivity (Wildman–Crippen MR) is 89.9 cm³/mol. The van der Waals surface area contributed by atoms with Gasteiger partial charge in [-0.25, -0.2) is 9.18 Å². The molecule has 3 aromatic rings. The molecule has 24 heavy (non-hydrogen) atoms. The lowest BCUT2D eigenvalue weighted by Gasteiger charge is -2.09. The number of anilines is 1. The average Bonchev–Trinajstić information content (AvgIpc) is 2.62. The number of benzene rings is 2. The summed E-state index contributed by atoms with van der Waals surface area (Å²) in [6.45, 7) is 0.157. The zero-order valence-corrected chi connectivity index (χ0v) is 12.8. The second kappa shape index (κ2) is 7.37. The Kier molecular flexibility index (Phi) is 4.81. The van der Waals surface area contributed by atoms with Crippen LogP contribution in [-0.4, -0.2) is 11.1 Å². The fourth-order valence-electron chi connectivity index (χ4n) is 2.24. The van der Waals surface area contributed by atoms with E-state index < -0.39 is 11.9 Å². The first-order valence-corrected chi connectivity index (χ1v) is 7.40.